The molecule has 0 saturated heterocycles. The molecule has 1 fully saturated rings. The fourth-order valence-corrected chi connectivity index (χ4v) is 3.99. The van der Waals surface area contributed by atoms with Crippen LogP contribution in [0.4, 0.5) is 0 Å². The lowest BCUT2D eigenvalue weighted by molar-refractivity contribution is -0.0430. The molecule has 0 aliphatic heterocycles. The van der Waals surface area contributed by atoms with Crippen LogP contribution < -0.4 is 5.73 Å². The van der Waals surface area contributed by atoms with Crippen LogP contribution in [0, 0.1) is 20.8 Å². The third kappa shape index (κ3) is 3.67. The van der Waals surface area contributed by atoms with Crippen LogP contribution in [-0.2, 0) is 11.2 Å². The summed E-state index contributed by atoms with van der Waals surface area (Å²) in [5, 5.41) is 0. The summed E-state index contributed by atoms with van der Waals surface area (Å²) in [5.74, 6) is 0. The third-order valence-electron chi connectivity index (χ3n) is 5.30. The summed E-state index contributed by atoms with van der Waals surface area (Å²) in [7, 11) is 1.85. The number of rotatable bonds is 4. The van der Waals surface area contributed by atoms with Gasteiger partial charge >= 0.3 is 0 Å². The quantitative estimate of drug-likeness (QED) is 0.842. The summed E-state index contributed by atoms with van der Waals surface area (Å²) in [6.45, 7) is 6.56. The maximum atomic E-state index is 6.65. The Bertz CT molecular complexity index is 449. The van der Waals surface area contributed by atoms with Crippen LogP contribution in [0.3, 0.4) is 0 Å². The number of benzene rings is 1. The molecule has 1 saturated carbocycles. The molecule has 21 heavy (non-hydrogen) atoms. The van der Waals surface area contributed by atoms with E-state index >= 15 is 0 Å². The maximum absolute atomic E-state index is 6.65. The molecule has 0 bridgehead atoms. The van der Waals surface area contributed by atoms with Crippen molar-refractivity contribution in [3.8, 4) is 0 Å². The SMILES string of the molecule is COC1(C(N)Cc2c(C)cc(C)cc2C)CCCCCC1. The van der Waals surface area contributed by atoms with Gasteiger partial charge in [0.2, 0.25) is 0 Å². The van der Waals surface area contributed by atoms with Crippen molar-refractivity contribution in [2.75, 3.05) is 7.11 Å². The lowest BCUT2D eigenvalue weighted by Crippen LogP contribution is -2.50. The van der Waals surface area contributed by atoms with Crippen molar-refractivity contribution in [3.05, 3.63) is 34.4 Å². The highest BCUT2D eigenvalue weighted by atomic mass is 16.5. The van der Waals surface area contributed by atoms with Gasteiger partial charge in [-0.3, -0.25) is 0 Å². The topological polar surface area (TPSA) is 35.2 Å². The summed E-state index contributed by atoms with van der Waals surface area (Å²) in [4.78, 5) is 0. The second kappa shape index (κ2) is 6.93. The van der Waals surface area contributed by atoms with Gasteiger partial charge in [0.15, 0.2) is 0 Å². The molecule has 118 valence electrons. The van der Waals surface area contributed by atoms with Crippen LogP contribution in [0.1, 0.15) is 60.8 Å². The molecular weight excluding hydrogens is 258 g/mol. The summed E-state index contributed by atoms with van der Waals surface area (Å²) < 4.78 is 5.97. The van der Waals surface area contributed by atoms with E-state index in [-0.39, 0.29) is 11.6 Å². The second-order valence-corrected chi connectivity index (χ2v) is 6.87. The van der Waals surface area contributed by atoms with Gasteiger partial charge in [0.1, 0.15) is 0 Å². The number of aryl methyl sites for hydroxylation is 3. The van der Waals surface area contributed by atoms with E-state index in [0.29, 0.717) is 0 Å². The average molecular weight is 289 g/mol. The molecule has 0 spiro atoms. The summed E-state index contributed by atoms with van der Waals surface area (Å²) in [6.07, 6.45) is 8.26. The fraction of sp³-hybridized carbons (Fsp3) is 0.684. The molecule has 2 N–H and O–H groups in total. The van der Waals surface area contributed by atoms with Gasteiger partial charge in [-0.15, -0.1) is 0 Å². The number of methoxy groups -OCH3 is 1. The van der Waals surface area contributed by atoms with Gasteiger partial charge in [-0.2, -0.15) is 0 Å². The van der Waals surface area contributed by atoms with E-state index in [1.165, 1.54) is 47.9 Å². The van der Waals surface area contributed by atoms with Crippen LogP contribution in [-0.4, -0.2) is 18.8 Å². The van der Waals surface area contributed by atoms with Gasteiger partial charge in [0.05, 0.1) is 5.60 Å². The molecule has 0 amide bonds. The Kier molecular flexibility index (Phi) is 5.45. The minimum absolute atomic E-state index is 0.0840. The minimum atomic E-state index is -0.125. The summed E-state index contributed by atoms with van der Waals surface area (Å²) >= 11 is 0. The highest BCUT2D eigenvalue weighted by Gasteiger charge is 2.37. The zero-order valence-electron chi connectivity index (χ0n) is 14.2. The molecule has 2 rings (SSSR count). The lowest BCUT2D eigenvalue weighted by atomic mass is 9.81. The van der Waals surface area contributed by atoms with Gasteiger partial charge in [-0.05, 0) is 56.7 Å². The molecule has 0 heterocycles. The zero-order chi connectivity index (χ0) is 15.5. The van der Waals surface area contributed by atoms with Crippen LogP contribution in [0.15, 0.2) is 12.1 Å². The molecule has 1 aliphatic carbocycles. The monoisotopic (exact) mass is 289 g/mol. The largest absolute Gasteiger partial charge is 0.377 e. The van der Waals surface area contributed by atoms with Crippen molar-refractivity contribution in [2.24, 2.45) is 5.73 Å². The number of hydrogen-bond donors (Lipinski definition) is 1. The van der Waals surface area contributed by atoms with E-state index in [1.807, 2.05) is 7.11 Å². The highest BCUT2D eigenvalue weighted by molar-refractivity contribution is 5.38. The van der Waals surface area contributed by atoms with Crippen molar-refractivity contribution >= 4 is 0 Å². The van der Waals surface area contributed by atoms with Gasteiger partial charge < -0.3 is 10.5 Å². The van der Waals surface area contributed by atoms with Crippen LogP contribution in [0.2, 0.25) is 0 Å². The molecule has 1 aromatic rings. The van der Waals surface area contributed by atoms with Gasteiger partial charge in [0.25, 0.3) is 0 Å². The van der Waals surface area contributed by atoms with Gasteiger partial charge in [-0.1, -0.05) is 43.4 Å². The lowest BCUT2D eigenvalue weighted by Gasteiger charge is -2.37. The van der Waals surface area contributed by atoms with Gasteiger partial charge in [0, 0.05) is 13.2 Å². The summed E-state index contributed by atoms with van der Waals surface area (Å²) in [5.41, 5.74) is 12.0. The van der Waals surface area contributed by atoms with Crippen LogP contribution in [0.25, 0.3) is 0 Å². The van der Waals surface area contributed by atoms with Crippen molar-refractivity contribution in [1.82, 2.24) is 0 Å². The zero-order valence-corrected chi connectivity index (χ0v) is 14.2. The van der Waals surface area contributed by atoms with Crippen molar-refractivity contribution in [2.45, 2.75) is 77.4 Å². The second-order valence-electron chi connectivity index (χ2n) is 6.87. The Balaban J connectivity index is 2.21. The first-order chi connectivity index (χ1) is 9.98. The summed E-state index contributed by atoms with van der Waals surface area (Å²) in [6, 6.07) is 4.61. The molecule has 1 atom stereocenters. The predicted octanol–water partition coefficient (Wildman–Crippen LogP) is 4.22. The molecular formula is C19H31NO. The smallest absolute Gasteiger partial charge is 0.0832 e. The molecule has 2 nitrogen and oxygen atoms in total. The van der Waals surface area contributed by atoms with Crippen molar-refractivity contribution in [3.63, 3.8) is 0 Å². The Hall–Kier alpha value is -0.860. The molecule has 1 aromatic carbocycles. The first-order valence-corrected chi connectivity index (χ1v) is 8.36. The first-order valence-electron chi connectivity index (χ1n) is 8.36. The number of nitrogens with two attached hydrogens (primary N) is 1. The van der Waals surface area contributed by atoms with E-state index in [1.54, 1.807) is 0 Å². The number of hydrogen-bond acceptors (Lipinski definition) is 2. The average Bonchev–Trinajstić information content (AvgIpc) is 2.68. The van der Waals surface area contributed by atoms with Gasteiger partial charge in [-0.25, -0.2) is 0 Å². The predicted molar refractivity (Wildman–Crippen MR) is 89.8 cm³/mol. The molecule has 0 aromatic heterocycles. The van der Waals surface area contributed by atoms with E-state index in [0.717, 1.165) is 19.3 Å². The maximum Gasteiger partial charge on any atom is 0.0832 e. The molecule has 2 heteroatoms. The van der Waals surface area contributed by atoms with E-state index in [2.05, 4.69) is 32.9 Å². The van der Waals surface area contributed by atoms with E-state index in [4.69, 9.17) is 10.5 Å². The molecule has 1 unspecified atom stereocenters. The Morgan fingerprint density at radius 1 is 1.05 bits per heavy atom. The highest BCUT2D eigenvalue weighted by Crippen LogP contribution is 2.34. The Morgan fingerprint density at radius 3 is 2.05 bits per heavy atom. The Morgan fingerprint density at radius 2 is 1.57 bits per heavy atom. The van der Waals surface area contributed by atoms with Crippen LogP contribution in [0.5, 0.6) is 0 Å². The van der Waals surface area contributed by atoms with Crippen molar-refractivity contribution in [1.29, 1.82) is 0 Å². The van der Waals surface area contributed by atoms with Crippen molar-refractivity contribution < 1.29 is 4.74 Å². The first kappa shape index (κ1) is 16.5. The molecule has 1 aliphatic rings. The minimum Gasteiger partial charge on any atom is -0.377 e. The number of ether oxygens (including phenoxy) is 1. The Labute approximate surface area is 130 Å². The van der Waals surface area contributed by atoms with E-state index < -0.39 is 0 Å². The van der Waals surface area contributed by atoms with E-state index in [9.17, 15) is 0 Å². The fourth-order valence-electron chi connectivity index (χ4n) is 3.99. The standard InChI is InChI=1S/C19H31NO/c1-14-11-15(2)17(16(3)12-14)13-18(20)19(21-4)9-7-5-6-8-10-19/h11-12,18H,5-10,13,20H2,1-4H3. The molecule has 0 radical (unpaired) electrons. The normalized spacial score (nSPS) is 20.0. The third-order valence-corrected chi connectivity index (χ3v) is 5.30. The van der Waals surface area contributed by atoms with Crippen LogP contribution >= 0.6 is 0 Å².